The molecule has 98 valence electrons. The highest BCUT2D eigenvalue weighted by molar-refractivity contribution is 5.81. The average molecular weight is 244 g/mol. The van der Waals surface area contributed by atoms with Gasteiger partial charge < -0.3 is 20.5 Å². The van der Waals surface area contributed by atoms with E-state index in [1.807, 2.05) is 6.92 Å². The first kappa shape index (κ1) is 13.9. The second kappa shape index (κ2) is 6.56. The molecule has 0 bridgehead atoms. The zero-order valence-corrected chi connectivity index (χ0v) is 10.2. The molecule has 1 heterocycles. The highest BCUT2D eigenvalue weighted by Gasteiger charge is 2.33. The Labute approximate surface area is 101 Å². The summed E-state index contributed by atoms with van der Waals surface area (Å²) in [5.74, 6) is -1.26. The van der Waals surface area contributed by atoms with Gasteiger partial charge in [-0.3, -0.25) is 9.59 Å². The second-order valence-electron chi connectivity index (χ2n) is 4.25. The molecule has 6 nitrogen and oxygen atoms in total. The van der Waals surface area contributed by atoms with Gasteiger partial charge in [-0.2, -0.15) is 0 Å². The first-order chi connectivity index (χ1) is 8.08. The number of carbonyl (C=O) groups excluding carboxylic acids is 1. The number of rotatable bonds is 6. The van der Waals surface area contributed by atoms with Crippen molar-refractivity contribution in [1.29, 1.82) is 0 Å². The highest BCUT2D eigenvalue weighted by atomic mass is 16.5. The molecule has 0 aromatic rings. The quantitative estimate of drug-likeness (QED) is 0.591. The van der Waals surface area contributed by atoms with Crippen LogP contribution in [-0.4, -0.2) is 49.3 Å². The molecule has 1 aliphatic rings. The van der Waals surface area contributed by atoms with Gasteiger partial charge in [0.05, 0.1) is 25.6 Å². The van der Waals surface area contributed by atoms with Crippen molar-refractivity contribution in [2.24, 2.45) is 5.92 Å². The van der Waals surface area contributed by atoms with E-state index in [9.17, 15) is 9.59 Å². The van der Waals surface area contributed by atoms with E-state index in [2.05, 4.69) is 10.6 Å². The molecule has 1 fully saturated rings. The lowest BCUT2D eigenvalue weighted by molar-refractivity contribution is -0.137. The Hall–Kier alpha value is -1.14. The van der Waals surface area contributed by atoms with Crippen LogP contribution in [0.25, 0.3) is 0 Å². The molecule has 3 unspecified atom stereocenters. The van der Waals surface area contributed by atoms with Gasteiger partial charge in [-0.25, -0.2) is 0 Å². The van der Waals surface area contributed by atoms with Crippen LogP contribution in [0.4, 0.5) is 0 Å². The fourth-order valence-corrected chi connectivity index (χ4v) is 1.91. The molecule has 17 heavy (non-hydrogen) atoms. The van der Waals surface area contributed by atoms with Crippen molar-refractivity contribution in [3.05, 3.63) is 0 Å². The van der Waals surface area contributed by atoms with E-state index in [0.717, 1.165) is 0 Å². The van der Waals surface area contributed by atoms with Gasteiger partial charge in [0, 0.05) is 12.1 Å². The molecule has 1 saturated heterocycles. The van der Waals surface area contributed by atoms with Gasteiger partial charge in [0.1, 0.15) is 0 Å². The number of carboxylic acids is 1. The maximum Gasteiger partial charge on any atom is 0.305 e. The van der Waals surface area contributed by atoms with Crippen molar-refractivity contribution in [3.63, 3.8) is 0 Å². The third-order valence-electron chi connectivity index (χ3n) is 3.05. The van der Waals surface area contributed by atoms with Crippen LogP contribution < -0.4 is 10.6 Å². The summed E-state index contributed by atoms with van der Waals surface area (Å²) in [5, 5.41) is 14.5. The summed E-state index contributed by atoms with van der Waals surface area (Å²) < 4.78 is 5.24. The van der Waals surface area contributed by atoms with Crippen LogP contribution in [0, 0.1) is 5.92 Å². The van der Waals surface area contributed by atoms with Crippen molar-refractivity contribution < 1.29 is 19.4 Å². The second-order valence-corrected chi connectivity index (χ2v) is 4.25. The zero-order chi connectivity index (χ0) is 12.8. The molecular weight excluding hydrogens is 224 g/mol. The molecule has 1 rings (SSSR count). The largest absolute Gasteiger partial charge is 0.481 e. The first-order valence-electron chi connectivity index (χ1n) is 5.85. The summed E-state index contributed by atoms with van der Waals surface area (Å²) >= 11 is 0. The van der Waals surface area contributed by atoms with Crippen LogP contribution in [0.1, 0.15) is 19.8 Å². The van der Waals surface area contributed by atoms with E-state index in [1.54, 1.807) is 7.05 Å². The monoisotopic (exact) mass is 244 g/mol. The van der Waals surface area contributed by atoms with Crippen molar-refractivity contribution in [2.45, 2.75) is 31.8 Å². The smallest absolute Gasteiger partial charge is 0.305 e. The van der Waals surface area contributed by atoms with E-state index in [0.29, 0.717) is 19.6 Å². The summed E-state index contributed by atoms with van der Waals surface area (Å²) in [6, 6.07) is -0.296. The predicted octanol–water partition coefficient (Wildman–Crippen LogP) is -0.410. The summed E-state index contributed by atoms with van der Waals surface area (Å²) in [5.41, 5.74) is 0. The van der Waals surface area contributed by atoms with Gasteiger partial charge in [-0.15, -0.1) is 0 Å². The van der Waals surface area contributed by atoms with Crippen molar-refractivity contribution >= 4 is 11.9 Å². The number of nitrogens with one attached hydrogen (secondary N) is 2. The van der Waals surface area contributed by atoms with Crippen LogP contribution in [0.3, 0.4) is 0 Å². The molecule has 0 aromatic heterocycles. The zero-order valence-electron chi connectivity index (χ0n) is 10.2. The van der Waals surface area contributed by atoms with Crippen LogP contribution in [0.5, 0.6) is 0 Å². The Bertz CT molecular complexity index is 283. The molecular formula is C11H20N2O4. The predicted molar refractivity (Wildman–Crippen MR) is 61.6 cm³/mol. The minimum absolute atomic E-state index is 0.0114. The minimum atomic E-state index is -0.898. The number of hydrogen-bond acceptors (Lipinski definition) is 4. The Morgan fingerprint density at radius 3 is 2.71 bits per heavy atom. The van der Waals surface area contributed by atoms with E-state index in [4.69, 9.17) is 9.84 Å². The van der Waals surface area contributed by atoms with Gasteiger partial charge in [0.2, 0.25) is 5.91 Å². The van der Waals surface area contributed by atoms with Crippen LogP contribution in [0.15, 0.2) is 0 Å². The summed E-state index contributed by atoms with van der Waals surface area (Å²) in [7, 11) is 1.79. The van der Waals surface area contributed by atoms with Crippen molar-refractivity contribution in [3.8, 4) is 0 Å². The molecule has 0 aliphatic carbocycles. The summed E-state index contributed by atoms with van der Waals surface area (Å²) in [6.45, 7) is 2.76. The first-order valence-corrected chi connectivity index (χ1v) is 5.85. The van der Waals surface area contributed by atoms with Gasteiger partial charge in [-0.05, 0) is 13.5 Å². The Balaban J connectivity index is 2.49. The van der Waals surface area contributed by atoms with E-state index < -0.39 is 5.97 Å². The van der Waals surface area contributed by atoms with Gasteiger partial charge in [0.25, 0.3) is 0 Å². The topological polar surface area (TPSA) is 87.7 Å². The lowest BCUT2D eigenvalue weighted by Gasteiger charge is -2.20. The standard InChI is InChI=1S/C11H20N2O4/c1-3-7(4-10(14)15)13-11(16)8-5-17-6-9(8)12-2/h7-9,12H,3-6H2,1-2H3,(H,13,16)(H,14,15). The van der Waals surface area contributed by atoms with Crippen LogP contribution in [-0.2, 0) is 14.3 Å². The number of likely N-dealkylation sites (N-methyl/N-ethyl adjacent to an activating group) is 1. The van der Waals surface area contributed by atoms with Crippen molar-refractivity contribution in [1.82, 2.24) is 10.6 Å². The van der Waals surface area contributed by atoms with Gasteiger partial charge in [0.15, 0.2) is 0 Å². The van der Waals surface area contributed by atoms with Crippen molar-refractivity contribution in [2.75, 3.05) is 20.3 Å². The van der Waals surface area contributed by atoms with Crippen LogP contribution in [0.2, 0.25) is 0 Å². The number of aliphatic carboxylic acids is 1. The number of ether oxygens (including phenoxy) is 1. The molecule has 3 atom stereocenters. The Kier molecular flexibility index (Phi) is 5.37. The third kappa shape index (κ3) is 3.98. The normalized spacial score (nSPS) is 25.5. The maximum atomic E-state index is 11.9. The Morgan fingerprint density at radius 1 is 1.47 bits per heavy atom. The molecule has 0 saturated carbocycles. The lowest BCUT2D eigenvalue weighted by atomic mass is 10.0. The lowest BCUT2D eigenvalue weighted by Crippen LogP contribution is -2.46. The summed E-state index contributed by atoms with van der Waals surface area (Å²) in [4.78, 5) is 22.5. The van der Waals surface area contributed by atoms with E-state index in [-0.39, 0.29) is 30.3 Å². The number of amides is 1. The molecule has 0 spiro atoms. The molecule has 3 N–H and O–H groups in total. The molecule has 1 amide bonds. The maximum absolute atomic E-state index is 11.9. The third-order valence-corrected chi connectivity index (χ3v) is 3.05. The molecule has 6 heteroatoms. The van der Waals surface area contributed by atoms with Crippen LogP contribution >= 0.6 is 0 Å². The highest BCUT2D eigenvalue weighted by Crippen LogP contribution is 2.14. The average Bonchev–Trinajstić information content (AvgIpc) is 2.75. The molecule has 1 aliphatic heterocycles. The van der Waals surface area contributed by atoms with Gasteiger partial charge in [-0.1, -0.05) is 6.92 Å². The summed E-state index contributed by atoms with van der Waals surface area (Å²) in [6.07, 6.45) is 0.565. The number of carboxylic acid groups (broad SMARTS) is 1. The molecule has 0 aromatic carbocycles. The van der Waals surface area contributed by atoms with E-state index in [1.165, 1.54) is 0 Å². The Morgan fingerprint density at radius 2 is 2.18 bits per heavy atom. The number of hydrogen-bond donors (Lipinski definition) is 3. The minimum Gasteiger partial charge on any atom is -0.481 e. The fraction of sp³-hybridized carbons (Fsp3) is 0.818. The fourth-order valence-electron chi connectivity index (χ4n) is 1.91. The SMILES string of the molecule is CCC(CC(=O)O)NC(=O)C1COCC1NC. The van der Waals surface area contributed by atoms with E-state index >= 15 is 0 Å². The van der Waals surface area contributed by atoms with Gasteiger partial charge >= 0.3 is 5.97 Å². The molecule has 0 radical (unpaired) electrons. The number of carbonyl (C=O) groups is 2.